The number of fused-ring (bicyclic) bond motifs is 1. The van der Waals surface area contributed by atoms with Gasteiger partial charge in [0.1, 0.15) is 0 Å². The molecule has 0 aliphatic rings. The molecule has 3 rings (SSSR count). The van der Waals surface area contributed by atoms with Gasteiger partial charge in [0.25, 0.3) is 0 Å². The van der Waals surface area contributed by atoms with Gasteiger partial charge in [-0.15, -0.1) is 0 Å². The molecule has 3 aromatic rings. The van der Waals surface area contributed by atoms with E-state index < -0.39 is 0 Å². The van der Waals surface area contributed by atoms with Crippen LogP contribution in [0.2, 0.25) is 0 Å². The van der Waals surface area contributed by atoms with Crippen molar-refractivity contribution in [2.24, 2.45) is 0 Å². The second-order valence-corrected chi connectivity index (χ2v) is 4.07. The van der Waals surface area contributed by atoms with Gasteiger partial charge >= 0.3 is 0 Å². The summed E-state index contributed by atoms with van der Waals surface area (Å²) in [6.07, 6.45) is 2.07. The molecular weight excluding hydrogens is 210 g/mol. The van der Waals surface area contributed by atoms with E-state index in [4.69, 9.17) is 5.11 Å². The summed E-state index contributed by atoms with van der Waals surface area (Å²) in [6, 6.07) is 18.4. The summed E-state index contributed by atoms with van der Waals surface area (Å²) in [7, 11) is 0. The summed E-state index contributed by atoms with van der Waals surface area (Å²) in [4.78, 5) is 0. The van der Waals surface area contributed by atoms with Gasteiger partial charge in [-0.3, -0.25) is 0 Å². The van der Waals surface area contributed by atoms with Crippen molar-refractivity contribution in [3.05, 3.63) is 66.4 Å². The van der Waals surface area contributed by atoms with Gasteiger partial charge in [-0.05, 0) is 35.2 Å². The molecule has 17 heavy (non-hydrogen) atoms. The molecule has 0 saturated carbocycles. The Morgan fingerprint density at radius 3 is 2.41 bits per heavy atom. The summed E-state index contributed by atoms with van der Waals surface area (Å²) in [5.74, 6) is 0. The first-order chi connectivity index (χ1) is 8.38. The standard InChI is InChI=1S/C15H13NO/c17-11-12-5-7-14(8-6-12)16-10-9-13-3-1-2-4-15(13)16/h1-10,17H,11H2. The summed E-state index contributed by atoms with van der Waals surface area (Å²) in [5, 5.41) is 10.3. The van der Waals surface area contributed by atoms with Crippen LogP contribution in [0, 0.1) is 0 Å². The number of hydrogen-bond acceptors (Lipinski definition) is 1. The Labute approximate surface area is 99.7 Å². The van der Waals surface area contributed by atoms with E-state index in [-0.39, 0.29) is 6.61 Å². The van der Waals surface area contributed by atoms with Crippen molar-refractivity contribution in [1.29, 1.82) is 0 Å². The van der Waals surface area contributed by atoms with Crippen molar-refractivity contribution in [3.63, 3.8) is 0 Å². The van der Waals surface area contributed by atoms with Gasteiger partial charge < -0.3 is 9.67 Å². The highest BCUT2D eigenvalue weighted by atomic mass is 16.3. The fourth-order valence-corrected chi connectivity index (χ4v) is 2.07. The Morgan fingerprint density at radius 1 is 0.882 bits per heavy atom. The number of hydrogen-bond donors (Lipinski definition) is 1. The van der Waals surface area contributed by atoms with Gasteiger partial charge in [0.05, 0.1) is 12.1 Å². The maximum Gasteiger partial charge on any atom is 0.0681 e. The third-order valence-corrected chi connectivity index (χ3v) is 3.00. The number of aromatic nitrogens is 1. The molecule has 0 atom stereocenters. The van der Waals surface area contributed by atoms with Crippen molar-refractivity contribution in [1.82, 2.24) is 4.57 Å². The maximum atomic E-state index is 9.02. The minimum Gasteiger partial charge on any atom is -0.392 e. The number of rotatable bonds is 2. The second kappa shape index (κ2) is 4.07. The van der Waals surface area contributed by atoms with Gasteiger partial charge in [-0.2, -0.15) is 0 Å². The highest BCUT2D eigenvalue weighted by Crippen LogP contribution is 2.20. The highest BCUT2D eigenvalue weighted by Gasteiger charge is 2.01. The fourth-order valence-electron chi connectivity index (χ4n) is 2.07. The molecule has 0 spiro atoms. The van der Waals surface area contributed by atoms with E-state index in [1.165, 1.54) is 10.9 Å². The molecule has 2 nitrogen and oxygen atoms in total. The van der Waals surface area contributed by atoms with Crippen molar-refractivity contribution in [2.45, 2.75) is 6.61 Å². The van der Waals surface area contributed by atoms with Crippen LogP contribution in [0.3, 0.4) is 0 Å². The SMILES string of the molecule is OCc1ccc(-n2ccc3ccccc32)cc1. The Bertz CT molecular complexity index is 637. The summed E-state index contributed by atoms with van der Waals surface area (Å²) in [6.45, 7) is 0.0900. The topological polar surface area (TPSA) is 25.2 Å². The van der Waals surface area contributed by atoms with Crippen LogP contribution in [0.5, 0.6) is 0 Å². The van der Waals surface area contributed by atoms with E-state index in [2.05, 4.69) is 29.0 Å². The molecule has 0 aliphatic carbocycles. The van der Waals surface area contributed by atoms with Crippen LogP contribution in [-0.4, -0.2) is 9.67 Å². The average molecular weight is 223 g/mol. The van der Waals surface area contributed by atoms with Gasteiger partial charge in [-0.1, -0.05) is 30.3 Å². The van der Waals surface area contributed by atoms with Crippen molar-refractivity contribution in [3.8, 4) is 5.69 Å². The van der Waals surface area contributed by atoms with Crippen LogP contribution in [0.25, 0.3) is 16.6 Å². The monoisotopic (exact) mass is 223 g/mol. The van der Waals surface area contributed by atoms with Crippen LogP contribution >= 0.6 is 0 Å². The Morgan fingerprint density at radius 2 is 1.65 bits per heavy atom. The van der Waals surface area contributed by atoms with Crippen molar-refractivity contribution < 1.29 is 5.11 Å². The Balaban J connectivity index is 2.13. The smallest absolute Gasteiger partial charge is 0.0681 e. The molecule has 1 heterocycles. The summed E-state index contributed by atoms with van der Waals surface area (Å²) < 4.78 is 2.15. The zero-order valence-corrected chi connectivity index (χ0v) is 9.38. The fraction of sp³-hybridized carbons (Fsp3) is 0.0667. The number of aliphatic hydroxyl groups is 1. The lowest BCUT2D eigenvalue weighted by Crippen LogP contribution is -1.92. The predicted molar refractivity (Wildman–Crippen MR) is 69.2 cm³/mol. The first kappa shape index (κ1) is 10.1. The molecule has 0 fully saturated rings. The molecule has 1 aromatic heterocycles. The summed E-state index contributed by atoms with van der Waals surface area (Å²) in [5.41, 5.74) is 3.25. The van der Waals surface area contributed by atoms with Crippen molar-refractivity contribution in [2.75, 3.05) is 0 Å². The van der Waals surface area contributed by atoms with Gasteiger partial charge in [-0.25, -0.2) is 0 Å². The van der Waals surface area contributed by atoms with E-state index in [0.29, 0.717) is 0 Å². The summed E-state index contributed by atoms with van der Waals surface area (Å²) >= 11 is 0. The molecule has 0 amide bonds. The molecule has 2 heteroatoms. The predicted octanol–water partition coefficient (Wildman–Crippen LogP) is 3.12. The lowest BCUT2D eigenvalue weighted by Gasteiger charge is -2.06. The molecule has 0 aliphatic heterocycles. The number of benzene rings is 2. The minimum atomic E-state index is 0.0900. The molecule has 0 radical (unpaired) electrons. The van der Waals surface area contributed by atoms with E-state index in [1.807, 2.05) is 36.4 Å². The molecule has 0 bridgehead atoms. The van der Waals surface area contributed by atoms with Crippen LogP contribution < -0.4 is 0 Å². The molecular formula is C15H13NO. The van der Waals surface area contributed by atoms with Crippen molar-refractivity contribution >= 4 is 10.9 Å². The van der Waals surface area contributed by atoms with E-state index in [9.17, 15) is 0 Å². The highest BCUT2D eigenvalue weighted by molar-refractivity contribution is 5.81. The zero-order valence-electron chi connectivity index (χ0n) is 9.38. The van der Waals surface area contributed by atoms with Gasteiger partial charge in [0.2, 0.25) is 0 Å². The zero-order chi connectivity index (χ0) is 11.7. The first-order valence-electron chi connectivity index (χ1n) is 5.65. The lowest BCUT2D eigenvalue weighted by atomic mass is 10.2. The molecule has 2 aromatic carbocycles. The Kier molecular flexibility index (Phi) is 2.42. The average Bonchev–Trinajstić information content (AvgIpc) is 2.83. The number of nitrogens with zero attached hydrogens (tertiary/aromatic N) is 1. The first-order valence-corrected chi connectivity index (χ1v) is 5.65. The van der Waals surface area contributed by atoms with E-state index in [1.54, 1.807) is 0 Å². The number of aliphatic hydroxyl groups excluding tert-OH is 1. The van der Waals surface area contributed by atoms with Crippen LogP contribution in [0.15, 0.2) is 60.8 Å². The Hall–Kier alpha value is -2.06. The van der Waals surface area contributed by atoms with Gasteiger partial charge in [0.15, 0.2) is 0 Å². The van der Waals surface area contributed by atoms with E-state index in [0.717, 1.165) is 11.3 Å². The largest absolute Gasteiger partial charge is 0.392 e. The quantitative estimate of drug-likeness (QED) is 0.709. The molecule has 0 saturated heterocycles. The molecule has 1 N–H and O–H groups in total. The lowest BCUT2D eigenvalue weighted by molar-refractivity contribution is 0.282. The normalized spacial score (nSPS) is 10.9. The third-order valence-electron chi connectivity index (χ3n) is 3.00. The van der Waals surface area contributed by atoms with Gasteiger partial charge in [0, 0.05) is 11.9 Å². The van der Waals surface area contributed by atoms with Crippen LogP contribution in [0.4, 0.5) is 0 Å². The van der Waals surface area contributed by atoms with Crippen LogP contribution in [0.1, 0.15) is 5.56 Å². The second-order valence-electron chi connectivity index (χ2n) is 4.07. The molecule has 0 unspecified atom stereocenters. The number of para-hydroxylation sites is 1. The molecule has 84 valence electrons. The third kappa shape index (κ3) is 1.73. The van der Waals surface area contributed by atoms with E-state index >= 15 is 0 Å². The maximum absolute atomic E-state index is 9.02. The van der Waals surface area contributed by atoms with Crippen LogP contribution in [-0.2, 0) is 6.61 Å². The minimum absolute atomic E-state index is 0.0900.